The number of methoxy groups -OCH3 is 2. The Balaban J connectivity index is 2.65. The third-order valence-corrected chi connectivity index (χ3v) is 2.78. The van der Waals surface area contributed by atoms with E-state index in [0.29, 0.717) is 22.4 Å². The summed E-state index contributed by atoms with van der Waals surface area (Å²) in [5.74, 6) is -0.366. The number of carbonyl (C=O) groups excluding carboxylic acids is 1. The summed E-state index contributed by atoms with van der Waals surface area (Å²) in [5.41, 5.74) is 1.46. The summed E-state index contributed by atoms with van der Waals surface area (Å²) < 4.78 is 23.3. The molecule has 0 bridgehead atoms. The van der Waals surface area contributed by atoms with Gasteiger partial charge in [0.15, 0.2) is 0 Å². The van der Waals surface area contributed by atoms with Gasteiger partial charge in [0.2, 0.25) is 0 Å². The quantitative estimate of drug-likeness (QED) is 0.794. The van der Waals surface area contributed by atoms with E-state index in [-0.39, 0.29) is 0 Å². The van der Waals surface area contributed by atoms with E-state index in [1.807, 2.05) is 0 Å². The Morgan fingerprint density at radius 2 is 1.79 bits per heavy atom. The van der Waals surface area contributed by atoms with Crippen LogP contribution >= 0.6 is 0 Å². The molecule has 0 atom stereocenters. The highest BCUT2D eigenvalue weighted by Gasteiger charge is 2.16. The lowest BCUT2D eigenvalue weighted by atomic mass is 9.99. The highest BCUT2D eigenvalue weighted by Crippen LogP contribution is 2.33. The predicted molar refractivity (Wildman–Crippen MR) is 69.7 cm³/mol. The second-order valence-corrected chi connectivity index (χ2v) is 3.88. The van der Waals surface area contributed by atoms with Crippen LogP contribution in [0.25, 0.3) is 11.1 Å². The topological polar surface area (TPSA) is 35.5 Å². The third-order valence-electron chi connectivity index (χ3n) is 2.78. The molecule has 0 amide bonds. The second kappa shape index (κ2) is 5.52. The molecule has 0 saturated heterocycles. The molecule has 19 heavy (non-hydrogen) atoms. The van der Waals surface area contributed by atoms with Crippen molar-refractivity contribution in [2.75, 3.05) is 14.2 Å². The summed E-state index contributed by atoms with van der Waals surface area (Å²) in [4.78, 5) is 11.7. The van der Waals surface area contributed by atoms with Crippen molar-refractivity contribution < 1.29 is 18.7 Å². The molecule has 0 unspecified atom stereocenters. The van der Waals surface area contributed by atoms with E-state index in [0.717, 1.165) is 0 Å². The number of rotatable bonds is 3. The molecule has 0 heterocycles. The van der Waals surface area contributed by atoms with E-state index in [4.69, 9.17) is 9.47 Å². The van der Waals surface area contributed by atoms with E-state index in [1.54, 1.807) is 24.3 Å². The van der Waals surface area contributed by atoms with Crippen LogP contribution in [0, 0.1) is 5.82 Å². The summed E-state index contributed by atoms with van der Waals surface area (Å²) in [6.45, 7) is 0. The molecule has 98 valence electrons. The van der Waals surface area contributed by atoms with E-state index >= 15 is 0 Å². The van der Waals surface area contributed by atoms with Crippen molar-refractivity contribution >= 4 is 5.97 Å². The first-order chi connectivity index (χ1) is 9.17. The van der Waals surface area contributed by atoms with Crippen LogP contribution in [0.2, 0.25) is 0 Å². The third kappa shape index (κ3) is 2.57. The Labute approximate surface area is 110 Å². The van der Waals surface area contributed by atoms with Gasteiger partial charge in [-0.15, -0.1) is 0 Å². The first-order valence-electron chi connectivity index (χ1n) is 5.68. The average molecular weight is 260 g/mol. The minimum absolute atomic E-state index is 0.369. The fourth-order valence-corrected chi connectivity index (χ4v) is 1.90. The summed E-state index contributed by atoms with van der Waals surface area (Å²) in [6.07, 6.45) is 0. The van der Waals surface area contributed by atoms with Crippen molar-refractivity contribution in [3.63, 3.8) is 0 Å². The minimum Gasteiger partial charge on any atom is -0.496 e. The summed E-state index contributed by atoms with van der Waals surface area (Å²) >= 11 is 0. The van der Waals surface area contributed by atoms with Crippen LogP contribution in [-0.4, -0.2) is 20.2 Å². The Hall–Kier alpha value is -2.36. The van der Waals surface area contributed by atoms with Gasteiger partial charge in [-0.25, -0.2) is 9.18 Å². The van der Waals surface area contributed by atoms with Gasteiger partial charge in [0.05, 0.1) is 19.8 Å². The molecule has 0 N–H and O–H groups in total. The molecule has 0 radical (unpaired) electrons. The normalized spacial score (nSPS) is 10.1. The van der Waals surface area contributed by atoms with Gasteiger partial charge in [-0.05, 0) is 29.8 Å². The van der Waals surface area contributed by atoms with Crippen molar-refractivity contribution in [2.24, 2.45) is 0 Å². The SMILES string of the molecule is COC(=O)c1ccccc1-c1cc(F)ccc1OC. The molecule has 2 aromatic rings. The molecule has 0 saturated carbocycles. The standard InChI is InChI=1S/C15H13FO3/c1-18-14-8-7-10(16)9-13(14)11-5-3-4-6-12(11)15(17)19-2/h3-9H,1-2H3. The molecule has 0 aliphatic rings. The number of ether oxygens (including phenoxy) is 2. The smallest absolute Gasteiger partial charge is 0.338 e. The van der Waals surface area contributed by atoms with Crippen molar-refractivity contribution in [1.29, 1.82) is 0 Å². The first-order valence-corrected chi connectivity index (χ1v) is 5.68. The lowest BCUT2D eigenvalue weighted by Gasteiger charge is -2.12. The van der Waals surface area contributed by atoms with Gasteiger partial charge < -0.3 is 9.47 Å². The van der Waals surface area contributed by atoms with Crippen molar-refractivity contribution in [1.82, 2.24) is 0 Å². The molecular weight excluding hydrogens is 247 g/mol. The van der Waals surface area contributed by atoms with E-state index in [2.05, 4.69) is 0 Å². The van der Waals surface area contributed by atoms with Crippen molar-refractivity contribution in [3.8, 4) is 16.9 Å². The van der Waals surface area contributed by atoms with Gasteiger partial charge in [0.1, 0.15) is 11.6 Å². The fourth-order valence-electron chi connectivity index (χ4n) is 1.90. The molecule has 0 aliphatic carbocycles. The number of halogens is 1. The van der Waals surface area contributed by atoms with Crippen LogP contribution in [0.4, 0.5) is 4.39 Å². The molecular formula is C15H13FO3. The zero-order valence-corrected chi connectivity index (χ0v) is 10.6. The Kier molecular flexibility index (Phi) is 3.80. The zero-order chi connectivity index (χ0) is 13.8. The summed E-state index contributed by atoms with van der Waals surface area (Å²) in [5, 5.41) is 0. The molecule has 2 rings (SSSR count). The van der Waals surface area contributed by atoms with Crippen molar-refractivity contribution in [3.05, 3.63) is 53.8 Å². The highest BCUT2D eigenvalue weighted by atomic mass is 19.1. The van der Waals surface area contributed by atoms with Gasteiger partial charge in [0, 0.05) is 5.56 Å². The van der Waals surface area contributed by atoms with Crippen molar-refractivity contribution in [2.45, 2.75) is 0 Å². The van der Waals surface area contributed by atoms with E-state index < -0.39 is 11.8 Å². The lowest BCUT2D eigenvalue weighted by molar-refractivity contribution is 0.0601. The van der Waals surface area contributed by atoms with Crippen LogP contribution in [0.5, 0.6) is 5.75 Å². The lowest BCUT2D eigenvalue weighted by Crippen LogP contribution is -2.04. The minimum atomic E-state index is -0.470. The maximum Gasteiger partial charge on any atom is 0.338 e. The number of carbonyl (C=O) groups is 1. The van der Waals surface area contributed by atoms with E-state index in [1.165, 1.54) is 32.4 Å². The maximum absolute atomic E-state index is 13.4. The van der Waals surface area contributed by atoms with Crippen LogP contribution in [-0.2, 0) is 4.74 Å². The van der Waals surface area contributed by atoms with Gasteiger partial charge >= 0.3 is 5.97 Å². The largest absolute Gasteiger partial charge is 0.496 e. The van der Waals surface area contributed by atoms with Gasteiger partial charge in [-0.2, -0.15) is 0 Å². The fraction of sp³-hybridized carbons (Fsp3) is 0.133. The molecule has 0 spiro atoms. The van der Waals surface area contributed by atoms with Crippen LogP contribution in [0.3, 0.4) is 0 Å². The molecule has 0 aliphatic heterocycles. The van der Waals surface area contributed by atoms with Crippen LogP contribution in [0.1, 0.15) is 10.4 Å². The Morgan fingerprint density at radius 1 is 1.05 bits per heavy atom. The number of hydrogen-bond acceptors (Lipinski definition) is 3. The number of hydrogen-bond donors (Lipinski definition) is 0. The van der Waals surface area contributed by atoms with Gasteiger partial charge in [-0.3, -0.25) is 0 Å². The average Bonchev–Trinajstić information content (AvgIpc) is 2.46. The molecule has 0 aromatic heterocycles. The predicted octanol–water partition coefficient (Wildman–Crippen LogP) is 3.29. The molecule has 2 aromatic carbocycles. The molecule has 0 fully saturated rings. The zero-order valence-electron chi connectivity index (χ0n) is 10.6. The maximum atomic E-state index is 13.4. The Bertz CT molecular complexity index is 608. The monoisotopic (exact) mass is 260 g/mol. The molecule has 3 nitrogen and oxygen atoms in total. The summed E-state index contributed by atoms with van der Waals surface area (Å²) in [6, 6.07) is 11.0. The number of benzene rings is 2. The van der Waals surface area contributed by atoms with Crippen LogP contribution in [0.15, 0.2) is 42.5 Å². The summed E-state index contributed by atoms with van der Waals surface area (Å²) in [7, 11) is 2.80. The molecule has 4 heteroatoms. The van der Waals surface area contributed by atoms with Crippen LogP contribution < -0.4 is 4.74 Å². The highest BCUT2D eigenvalue weighted by molar-refractivity contribution is 5.98. The second-order valence-electron chi connectivity index (χ2n) is 3.88. The van der Waals surface area contributed by atoms with Gasteiger partial charge in [0.25, 0.3) is 0 Å². The van der Waals surface area contributed by atoms with E-state index in [9.17, 15) is 9.18 Å². The number of esters is 1. The van der Waals surface area contributed by atoms with Gasteiger partial charge in [-0.1, -0.05) is 18.2 Å². The Morgan fingerprint density at radius 3 is 2.47 bits per heavy atom. The first kappa shape index (κ1) is 13.1.